The summed E-state index contributed by atoms with van der Waals surface area (Å²) in [6.45, 7) is 8.90. The maximum Gasteiger partial charge on any atom is 0.272 e. The van der Waals surface area contributed by atoms with Crippen LogP contribution in [0.4, 0.5) is 0 Å². The SMILES string of the molecule is COC1(C(=O)N2CCCN(C(=O)c3cc(C)ccn3)CC2)CCCC(C)(C)CC1. The summed E-state index contributed by atoms with van der Waals surface area (Å²) < 4.78 is 5.88. The lowest BCUT2D eigenvalue weighted by Gasteiger charge is -2.35. The number of ether oxygens (including phenoxy) is 1. The highest BCUT2D eigenvalue weighted by Gasteiger charge is 2.44. The van der Waals surface area contributed by atoms with Crippen molar-refractivity contribution < 1.29 is 14.3 Å². The summed E-state index contributed by atoms with van der Waals surface area (Å²) >= 11 is 0. The summed E-state index contributed by atoms with van der Waals surface area (Å²) in [5, 5.41) is 0. The predicted octanol–water partition coefficient (Wildman–Crippen LogP) is 3.44. The van der Waals surface area contributed by atoms with E-state index in [0.29, 0.717) is 31.9 Å². The maximum absolute atomic E-state index is 13.5. The molecular weight excluding hydrogens is 366 g/mol. The first kappa shape index (κ1) is 21.8. The van der Waals surface area contributed by atoms with Gasteiger partial charge in [0.25, 0.3) is 11.8 Å². The molecule has 0 aromatic carbocycles. The molecule has 6 heteroatoms. The Morgan fingerprint density at radius 3 is 2.45 bits per heavy atom. The predicted molar refractivity (Wildman–Crippen MR) is 113 cm³/mol. The number of hydrogen-bond donors (Lipinski definition) is 0. The molecule has 2 aliphatic rings. The van der Waals surface area contributed by atoms with Crippen LogP contribution in [-0.4, -0.2) is 65.5 Å². The van der Waals surface area contributed by atoms with Gasteiger partial charge in [-0.3, -0.25) is 14.6 Å². The molecule has 0 spiro atoms. The van der Waals surface area contributed by atoms with Crippen molar-refractivity contribution in [3.8, 4) is 0 Å². The molecule has 2 heterocycles. The number of methoxy groups -OCH3 is 1. The molecule has 1 aliphatic heterocycles. The van der Waals surface area contributed by atoms with E-state index in [1.54, 1.807) is 13.3 Å². The minimum absolute atomic E-state index is 0.0549. The Labute approximate surface area is 174 Å². The van der Waals surface area contributed by atoms with E-state index in [1.165, 1.54) is 0 Å². The van der Waals surface area contributed by atoms with Crippen molar-refractivity contribution in [2.45, 2.75) is 64.9 Å². The summed E-state index contributed by atoms with van der Waals surface area (Å²) in [5.41, 5.74) is 1.03. The molecule has 1 aromatic heterocycles. The topological polar surface area (TPSA) is 62.7 Å². The Morgan fingerprint density at radius 2 is 1.72 bits per heavy atom. The lowest BCUT2D eigenvalue weighted by atomic mass is 9.84. The summed E-state index contributed by atoms with van der Waals surface area (Å²) in [5.74, 6) is 0.0429. The second kappa shape index (κ2) is 8.82. The van der Waals surface area contributed by atoms with Gasteiger partial charge in [0.05, 0.1) is 0 Å². The number of carbonyl (C=O) groups excluding carboxylic acids is 2. The summed E-state index contributed by atoms with van der Waals surface area (Å²) in [6.07, 6.45) is 7.10. The minimum atomic E-state index is -0.717. The zero-order valence-electron chi connectivity index (χ0n) is 18.4. The van der Waals surface area contributed by atoms with Gasteiger partial charge >= 0.3 is 0 Å². The van der Waals surface area contributed by atoms with Crippen LogP contribution in [0.2, 0.25) is 0 Å². The second-order valence-electron chi connectivity index (χ2n) is 9.37. The van der Waals surface area contributed by atoms with Crippen LogP contribution in [0.25, 0.3) is 0 Å². The highest BCUT2D eigenvalue weighted by atomic mass is 16.5. The van der Waals surface area contributed by atoms with Crippen LogP contribution in [0.5, 0.6) is 0 Å². The second-order valence-corrected chi connectivity index (χ2v) is 9.37. The van der Waals surface area contributed by atoms with Crippen molar-refractivity contribution in [1.29, 1.82) is 0 Å². The number of aromatic nitrogens is 1. The first-order chi connectivity index (χ1) is 13.8. The third-order valence-corrected chi connectivity index (χ3v) is 6.63. The Morgan fingerprint density at radius 1 is 1.00 bits per heavy atom. The van der Waals surface area contributed by atoms with Gasteiger partial charge in [-0.1, -0.05) is 13.8 Å². The Kier molecular flexibility index (Phi) is 6.62. The molecule has 6 nitrogen and oxygen atoms in total. The van der Waals surface area contributed by atoms with E-state index < -0.39 is 5.60 Å². The molecule has 1 aliphatic carbocycles. The standard InChI is InChI=1S/C23H35N3O3/c1-18-7-12-24-19(17-18)20(27)25-13-6-14-26(16-15-25)21(28)23(29-4)9-5-8-22(2,3)10-11-23/h7,12,17H,5-6,8-11,13-16H2,1-4H3. The molecule has 1 unspecified atom stereocenters. The van der Waals surface area contributed by atoms with Gasteiger partial charge in [-0.15, -0.1) is 0 Å². The first-order valence-corrected chi connectivity index (χ1v) is 10.8. The van der Waals surface area contributed by atoms with Crippen LogP contribution >= 0.6 is 0 Å². The number of nitrogens with zero attached hydrogens (tertiary/aromatic N) is 3. The van der Waals surface area contributed by atoms with Gasteiger partial charge in [0.1, 0.15) is 11.3 Å². The number of rotatable bonds is 3. The smallest absolute Gasteiger partial charge is 0.272 e. The summed E-state index contributed by atoms with van der Waals surface area (Å²) in [6, 6.07) is 3.71. The third kappa shape index (κ3) is 4.97. The summed E-state index contributed by atoms with van der Waals surface area (Å²) in [4.78, 5) is 34.3. The Hall–Kier alpha value is -1.95. The molecule has 3 rings (SSSR count). The quantitative estimate of drug-likeness (QED) is 0.728. The molecule has 0 N–H and O–H groups in total. The van der Waals surface area contributed by atoms with Crippen LogP contribution in [0, 0.1) is 12.3 Å². The number of hydrogen-bond acceptors (Lipinski definition) is 4. The molecule has 1 atom stereocenters. The van der Waals surface area contributed by atoms with Gasteiger partial charge in [-0.25, -0.2) is 0 Å². The zero-order chi connectivity index (χ0) is 21.1. The molecule has 0 bridgehead atoms. The van der Waals surface area contributed by atoms with Gasteiger partial charge in [-0.05, 0) is 68.6 Å². The van der Waals surface area contributed by atoms with Gasteiger partial charge in [-0.2, -0.15) is 0 Å². The van der Waals surface area contributed by atoms with Crippen molar-refractivity contribution in [2.24, 2.45) is 5.41 Å². The van der Waals surface area contributed by atoms with Crippen molar-refractivity contribution in [1.82, 2.24) is 14.8 Å². The molecule has 2 amide bonds. The Balaban J connectivity index is 1.68. The maximum atomic E-state index is 13.5. The fourth-order valence-corrected chi connectivity index (χ4v) is 4.58. The average Bonchev–Trinajstić information content (AvgIpc) is 3.04. The van der Waals surface area contributed by atoms with Crippen molar-refractivity contribution in [3.63, 3.8) is 0 Å². The number of carbonyl (C=O) groups is 2. The van der Waals surface area contributed by atoms with Crippen LogP contribution < -0.4 is 0 Å². The van der Waals surface area contributed by atoms with E-state index in [1.807, 2.05) is 28.9 Å². The normalized spacial score (nSPS) is 25.2. The molecule has 1 aromatic rings. The van der Waals surface area contributed by atoms with E-state index in [-0.39, 0.29) is 17.2 Å². The van der Waals surface area contributed by atoms with E-state index >= 15 is 0 Å². The molecular formula is C23H35N3O3. The highest BCUT2D eigenvalue weighted by Crippen LogP contribution is 2.40. The van der Waals surface area contributed by atoms with E-state index in [2.05, 4.69) is 18.8 Å². The molecule has 0 radical (unpaired) electrons. The summed E-state index contributed by atoms with van der Waals surface area (Å²) in [7, 11) is 1.67. The zero-order valence-corrected chi connectivity index (χ0v) is 18.4. The van der Waals surface area contributed by atoms with Gasteiger partial charge in [0, 0.05) is 39.5 Å². The van der Waals surface area contributed by atoms with Crippen molar-refractivity contribution in [3.05, 3.63) is 29.6 Å². The van der Waals surface area contributed by atoms with Gasteiger partial charge in [0.15, 0.2) is 0 Å². The van der Waals surface area contributed by atoms with E-state index in [9.17, 15) is 9.59 Å². The minimum Gasteiger partial charge on any atom is -0.368 e. The average molecular weight is 402 g/mol. The molecule has 1 saturated heterocycles. The molecule has 160 valence electrons. The Bertz CT molecular complexity index is 749. The highest BCUT2D eigenvalue weighted by molar-refractivity contribution is 5.92. The van der Waals surface area contributed by atoms with E-state index in [4.69, 9.17) is 4.74 Å². The largest absolute Gasteiger partial charge is 0.368 e. The fraction of sp³-hybridized carbons (Fsp3) is 0.696. The van der Waals surface area contributed by atoms with E-state index in [0.717, 1.165) is 44.1 Å². The lowest BCUT2D eigenvalue weighted by molar-refractivity contribution is -0.157. The third-order valence-electron chi connectivity index (χ3n) is 6.63. The van der Waals surface area contributed by atoms with Crippen molar-refractivity contribution >= 4 is 11.8 Å². The number of amides is 2. The molecule has 2 fully saturated rings. The van der Waals surface area contributed by atoms with Crippen molar-refractivity contribution in [2.75, 3.05) is 33.3 Å². The monoisotopic (exact) mass is 401 g/mol. The van der Waals surface area contributed by atoms with Crippen LogP contribution in [-0.2, 0) is 9.53 Å². The number of aryl methyl sites for hydroxylation is 1. The molecule has 1 saturated carbocycles. The van der Waals surface area contributed by atoms with Gasteiger partial charge < -0.3 is 14.5 Å². The molecule has 29 heavy (non-hydrogen) atoms. The van der Waals surface area contributed by atoms with Crippen LogP contribution in [0.1, 0.15) is 68.4 Å². The van der Waals surface area contributed by atoms with Crippen LogP contribution in [0.3, 0.4) is 0 Å². The van der Waals surface area contributed by atoms with Gasteiger partial charge in [0.2, 0.25) is 0 Å². The fourth-order valence-electron chi connectivity index (χ4n) is 4.58. The number of pyridine rings is 1. The van der Waals surface area contributed by atoms with Crippen LogP contribution in [0.15, 0.2) is 18.3 Å². The first-order valence-electron chi connectivity index (χ1n) is 10.8. The lowest BCUT2D eigenvalue weighted by Crippen LogP contribution is -2.51.